The molecule has 1 N–H and O–H groups in total. The van der Waals surface area contributed by atoms with Crippen molar-refractivity contribution in [2.45, 2.75) is 19.9 Å². The summed E-state index contributed by atoms with van der Waals surface area (Å²) in [7, 11) is 0. The Labute approximate surface area is 132 Å². The summed E-state index contributed by atoms with van der Waals surface area (Å²) in [5.74, 6) is -0.394. The van der Waals surface area contributed by atoms with E-state index in [4.69, 9.17) is 11.6 Å². The lowest BCUT2D eigenvalue weighted by Gasteiger charge is -2.14. The summed E-state index contributed by atoms with van der Waals surface area (Å²) >= 11 is 9.18. The SMILES string of the molecule is CCNC(C)c1cccc(-c2ccc(Br)c(Cl)c2F)c1. The van der Waals surface area contributed by atoms with Gasteiger partial charge in [0.2, 0.25) is 0 Å². The molecule has 0 aliphatic rings. The van der Waals surface area contributed by atoms with E-state index in [9.17, 15) is 4.39 Å². The van der Waals surface area contributed by atoms with Crippen LogP contribution in [0.15, 0.2) is 40.9 Å². The molecule has 0 aliphatic carbocycles. The molecule has 2 rings (SSSR count). The monoisotopic (exact) mass is 355 g/mol. The van der Waals surface area contributed by atoms with Crippen LogP contribution >= 0.6 is 27.5 Å². The summed E-state index contributed by atoms with van der Waals surface area (Å²) in [6.45, 7) is 5.05. The summed E-state index contributed by atoms with van der Waals surface area (Å²) in [5.41, 5.74) is 2.48. The standard InChI is InChI=1S/C16H16BrClFN/c1-3-20-10(2)11-5-4-6-12(9-11)13-7-8-14(17)15(18)16(13)19/h4-10,20H,3H2,1-2H3. The lowest BCUT2D eigenvalue weighted by atomic mass is 10.00. The minimum absolute atomic E-state index is 0.118. The number of nitrogens with one attached hydrogen (secondary N) is 1. The van der Waals surface area contributed by atoms with Crippen LogP contribution in [0.3, 0.4) is 0 Å². The fraction of sp³-hybridized carbons (Fsp3) is 0.250. The van der Waals surface area contributed by atoms with Crippen molar-refractivity contribution in [3.63, 3.8) is 0 Å². The van der Waals surface area contributed by atoms with Crippen molar-refractivity contribution in [3.8, 4) is 11.1 Å². The lowest BCUT2D eigenvalue weighted by Crippen LogP contribution is -2.17. The van der Waals surface area contributed by atoms with Crippen LogP contribution in [-0.2, 0) is 0 Å². The second kappa shape index (κ2) is 6.70. The molecule has 0 saturated carbocycles. The van der Waals surface area contributed by atoms with Gasteiger partial charge < -0.3 is 5.32 Å². The van der Waals surface area contributed by atoms with Gasteiger partial charge >= 0.3 is 0 Å². The summed E-state index contributed by atoms with van der Waals surface area (Å²) < 4.78 is 14.8. The van der Waals surface area contributed by atoms with Gasteiger partial charge in [0.05, 0.1) is 5.02 Å². The Morgan fingerprint density at radius 2 is 2.05 bits per heavy atom. The van der Waals surface area contributed by atoms with Gasteiger partial charge in [0, 0.05) is 16.1 Å². The first-order valence-electron chi connectivity index (χ1n) is 6.51. The van der Waals surface area contributed by atoms with Crippen LogP contribution in [0.4, 0.5) is 4.39 Å². The normalized spacial score (nSPS) is 12.4. The first-order valence-corrected chi connectivity index (χ1v) is 7.69. The van der Waals surface area contributed by atoms with E-state index in [1.165, 1.54) is 0 Å². The Balaban J connectivity index is 2.44. The van der Waals surface area contributed by atoms with Crippen LogP contribution < -0.4 is 5.32 Å². The van der Waals surface area contributed by atoms with Crippen molar-refractivity contribution in [1.82, 2.24) is 5.32 Å². The molecule has 1 unspecified atom stereocenters. The molecule has 0 saturated heterocycles. The van der Waals surface area contributed by atoms with Crippen LogP contribution in [-0.4, -0.2) is 6.54 Å². The van der Waals surface area contributed by atoms with Crippen molar-refractivity contribution < 1.29 is 4.39 Å². The van der Waals surface area contributed by atoms with Crippen LogP contribution in [0.1, 0.15) is 25.5 Å². The molecule has 1 atom stereocenters. The van der Waals surface area contributed by atoms with Crippen molar-refractivity contribution >= 4 is 27.5 Å². The molecule has 0 radical (unpaired) electrons. The van der Waals surface area contributed by atoms with Crippen molar-refractivity contribution in [1.29, 1.82) is 0 Å². The van der Waals surface area contributed by atoms with E-state index in [0.717, 1.165) is 17.7 Å². The minimum Gasteiger partial charge on any atom is -0.310 e. The third kappa shape index (κ3) is 3.22. The van der Waals surface area contributed by atoms with Crippen LogP contribution in [0, 0.1) is 5.82 Å². The molecule has 20 heavy (non-hydrogen) atoms. The fourth-order valence-electron chi connectivity index (χ4n) is 2.15. The average Bonchev–Trinajstić information content (AvgIpc) is 2.45. The van der Waals surface area contributed by atoms with E-state index < -0.39 is 5.82 Å². The molecule has 0 fully saturated rings. The summed E-state index contributed by atoms with van der Waals surface area (Å²) in [4.78, 5) is 0. The van der Waals surface area contributed by atoms with Gasteiger partial charge in [0.25, 0.3) is 0 Å². The van der Waals surface area contributed by atoms with Gasteiger partial charge in [-0.2, -0.15) is 0 Å². The van der Waals surface area contributed by atoms with Gasteiger partial charge in [-0.25, -0.2) is 4.39 Å². The molecule has 1 nitrogen and oxygen atoms in total. The molecular weight excluding hydrogens is 341 g/mol. The number of benzene rings is 2. The number of hydrogen-bond donors (Lipinski definition) is 1. The molecule has 0 amide bonds. The van der Waals surface area contributed by atoms with Crippen LogP contribution in [0.25, 0.3) is 11.1 Å². The predicted molar refractivity (Wildman–Crippen MR) is 86.6 cm³/mol. The molecule has 2 aromatic rings. The molecule has 0 heterocycles. The first-order chi connectivity index (χ1) is 9.54. The summed E-state index contributed by atoms with van der Waals surface area (Å²) in [5, 5.41) is 3.47. The van der Waals surface area contributed by atoms with E-state index in [1.807, 2.05) is 24.3 Å². The van der Waals surface area contributed by atoms with Gasteiger partial charge in [-0.05, 0) is 52.7 Å². The second-order valence-corrected chi connectivity index (χ2v) is 5.86. The number of halogens is 3. The van der Waals surface area contributed by atoms with Crippen molar-refractivity contribution in [3.05, 3.63) is 57.3 Å². The van der Waals surface area contributed by atoms with E-state index in [0.29, 0.717) is 10.0 Å². The highest BCUT2D eigenvalue weighted by Gasteiger charge is 2.13. The molecule has 4 heteroatoms. The van der Waals surface area contributed by atoms with Gasteiger partial charge in [-0.1, -0.05) is 42.8 Å². The molecule has 0 aromatic heterocycles. The third-order valence-electron chi connectivity index (χ3n) is 3.24. The lowest BCUT2D eigenvalue weighted by molar-refractivity contribution is 0.598. The van der Waals surface area contributed by atoms with Crippen LogP contribution in [0.5, 0.6) is 0 Å². The highest BCUT2D eigenvalue weighted by molar-refractivity contribution is 9.10. The zero-order valence-electron chi connectivity index (χ0n) is 11.4. The largest absolute Gasteiger partial charge is 0.310 e. The molecule has 0 aliphatic heterocycles. The van der Waals surface area contributed by atoms with Crippen molar-refractivity contribution in [2.75, 3.05) is 6.54 Å². The van der Waals surface area contributed by atoms with Gasteiger partial charge in [0.1, 0.15) is 0 Å². The molecule has 106 valence electrons. The van der Waals surface area contributed by atoms with Gasteiger partial charge in [-0.15, -0.1) is 0 Å². The predicted octanol–water partition coefficient (Wildman–Crippen LogP) is 5.58. The molecule has 0 spiro atoms. The Kier molecular flexibility index (Phi) is 5.19. The number of hydrogen-bond acceptors (Lipinski definition) is 1. The van der Waals surface area contributed by atoms with E-state index in [2.05, 4.69) is 35.1 Å². The Morgan fingerprint density at radius 1 is 1.30 bits per heavy atom. The topological polar surface area (TPSA) is 12.0 Å². The zero-order valence-corrected chi connectivity index (χ0v) is 13.7. The Hall–Kier alpha value is -0.900. The number of rotatable bonds is 4. The Bertz CT molecular complexity index is 615. The van der Waals surface area contributed by atoms with Gasteiger partial charge in [-0.3, -0.25) is 0 Å². The average molecular weight is 357 g/mol. The Morgan fingerprint density at radius 3 is 2.75 bits per heavy atom. The highest BCUT2D eigenvalue weighted by atomic mass is 79.9. The molecular formula is C16H16BrClFN. The maximum atomic E-state index is 14.3. The summed E-state index contributed by atoms with van der Waals surface area (Å²) in [6, 6.07) is 11.6. The van der Waals surface area contributed by atoms with E-state index in [-0.39, 0.29) is 11.1 Å². The third-order valence-corrected chi connectivity index (χ3v) is 4.50. The maximum absolute atomic E-state index is 14.3. The van der Waals surface area contributed by atoms with E-state index in [1.54, 1.807) is 12.1 Å². The fourth-order valence-corrected chi connectivity index (χ4v) is 2.62. The van der Waals surface area contributed by atoms with Gasteiger partial charge in [0.15, 0.2) is 5.82 Å². The maximum Gasteiger partial charge on any atom is 0.150 e. The summed E-state index contributed by atoms with van der Waals surface area (Å²) in [6.07, 6.45) is 0. The second-order valence-electron chi connectivity index (χ2n) is 4.63. The smallest absolute Gasteiger partial charge is 0.150 e. The molecule has 0 bridgehead atoms. The first kappa shape index (κ1) is 15.5. The van der Waals surface area contributed by atoms with E-state index >= 15 is 0 Å². The van der Waals surface area contributed by atoms with Crippen molar-refractivity contribution in [2.24, 2.45) is 0 Å². The zero-order chi connectivity index (χ0) is 14.7. The molecule has 2 aromatic carbocycles. The van der Waals surface area contributed by atoms with Crippen LogP contribution in [0.2, 0.25) is 5.02 Å². The quantitative estimate of drug-likeness (QED) is 0.705. The highest BCUT2D eigenvalue weighted by Crippen LogP contribution is 2.33. The minimum atomic E-state index is -0.394.